The van der Waals surface area contributed by atoms with E-state index in [-0.39, 0.29) is 34.3 Å². The Balaban J connectivity index is 1.61. The monoisotopic (exact) mass is 478 g/mol. The first-order valence-corrected chi connectivity index (χ1v) is 10.7. The molecule has 5 aromatic rings. The van der Waals surface area contributed by atoms with Gasteiger partial charge in [-0.15, -0.1) is 10.2 Å². The summed E-state index contributed by atoms with van der Waals surface area (Å²) in [4.78, 5) is 33.4. The van der Waals surface area contributed by atoms with Crippen molar-refractivity contribution in [1.29, 1.82) is 0 Å². The average Bonchev–Trinajstić information content (AvgIpc) is 3.33. The second kappa shape index (κ2) is 9.43. The molecule has 0 aliphatic rings. The molecule has 2 amide bonds. The second-order valence-corrected chi connectivity index (χ2v) is 7.57. The van der Waals surface area contributed by atoms with Crippen LogP contribution in [0.5, 0.6) is 5.75 Å². The van der Waals surface area contributed by atoms with Crippen LogP contribution in [0, 0.1) is 0 Å². The SMILES string of the molecule is NC(=O)c1cnn(-c2ncccn2)c1N=Nc1cc2ccccc2c(C(=O)Nc2ccccc2)c1O. The molecule has 0 saturated carbocycles. The van der Waals surface area contributed by atoms with Crippen LogP contribution in [-0.2, 0) is 0 Å². The number of carbonyl (C=O) groups excluding carboxylic acids is 2. The van der Waals surface area contributed by atoms with E-state index in [9.17, 15) is 14.7 Å². The number of primary amides is 1. The molecule has 11 heteroatoms. The number of hydrogen-bond acceptors (Lipinski definition) is 8. The largest absolute Gasteiger partial charge is 0.505 e. The van der Waals surface area contributed by atoms with Gasteiger partial charge in [-0.25, -0.2) is 9.97 Å². The quantitative estimate of drug-likeness (QED) is 0.309. The maximum absolute atomic E-state index is 13.2. The molecule has 0 aliphatic heterocycles. The van der Waals surface area contributed by atoms with Crippen LogP contribution in [0.25, 0.3) is 16.7 Å². The molecule has 36 heavy (non-hydrogen) atoms. The molecule has 0 radical (unpaired) electrons. The van der Waals surface area contributed by atoms with Crippen molar-refractivity contribution in [1.82, 2.24) is 19.7 Å². The Morgan fingerprint density at radius 1 is 0.944 bits per heavy atom. The van der Waals surface area contributed by atoms with Gasteiger partial charge in [0.05, 0.1) is 11.8 Å². The average molecular weight is 478 g/mol. The molecule has 0 saturated heterocycles. The van der Waals surface area contributed by atoms with Gasteiger partial charge >= 0.3 is 0 Å². The van der Waals surface area contributed by atoms with Gasteiger partial charge in [-0.2, -0.15) is 9.78 Å². The molecule has 11 nitrogen and oxygen atoms in total. The Kier molecular flexibility index (Phi) is 5.85. The molecule has 3 aromatic carbocycles. The molecule has 0 aliphatic carbocycles. The van der Waals surface area contributed by atoms with Gasteiger partial charge in [0.2, 0.25) is 0 Å². The zero-order chi connectivity index (χ0) is 25.1. The predicted molar refractivity (Wildman–Crippen MR) is 132 cm³/mol. The number of nitrogens with two attached hydrogens (primary N) is 1. The maximum Gasteiger partial charge on any atom is 0.260 e. The number of rotatable bonds is 6. The van der Waals surface area contributed by atoms with Crippen LogP contribution < -0.4 is 11.1 Å². The first-order valence-electron chi connectivity index (χ1n) is 10.7. The fourth-order valence-corrected chi connectivity index (χ4v) is 3.60. The number of carbonyl (C=O) groups is 2. The topological polar surface area (TPSA) is 161 Å². The number of benzene rings is 3. The van der Waals surface area contributed by atoms with Gasteiger partial charge in [-0.05, 0) is 35.0 Å². The maximum atomic E-state index is 13.2. The third kappa shape index (κ3) is 4.23. The molecule has 2 aromatic heterocycles. The van der Waals surface area contributed by atoms with Gasteiger partial charge < -0.3 is 16.2 Å². The number of nitrogens with zero attached hydrogens (tertiary/aromatic N) is 6. The van der Waals surface area contributed by atoms with Crippen molar-refractivity contribution in [2.24, 2.45) is 16.0 Å². The summed E-state index contributed by atoms with van der Waals surface area (Å²) < 4.78 is 1.20. The van der Waals surface area contributed by atoms with E-state index < -0.39 is 11.8 Å². The highest BCUT2D eigenvalue weighted by Crippen LogP contribution is 2.38. The van der Waals surface area contributed by atoms with Crippen LogP contribution in [0.15, 0.2) is 95.5 Å². The Morgan fingerprint density at radius 2 is 1.67 bits per heavy atom. The van der Waals surface area contributed by atoms with Crippen LogP contribution in [0.4, 0.5) is 17.2 Å². The number of anilines is 1. The number of nitrogens with one attached hydrogen (secondary N) is 1. The molecular weight excluding hydrogens is 460 g/mol. The van der Waals surface area contributed by atoms with Crippen molar-refractivity contribution in [3.8, 4) is 11.7 Å². The molecule has 176 valence electrons. The second-order valence-electron chi connectivity index (χ2n) is 7.57. The molecule has 5 rings (SSSR count). The molecule has 2 heterocycles. The van der Waals surface area contributed by atoms with Crippen molar-refractivity contribution in [3.63, 3.8) is 0 Å². The molecule has 4 N–H and O–H groups in total. The van der Waals surface area contributed by atoms with E-state index in [1.54, 1.807) is 60.7 Å². The summed E-state index contributed by atoms with van der Waals surface area (Å²) in [5.41, 5.74) is 6.06. The van der Waals surface area contributed by atoms with E-state index in [1.165, 1.54) is 23.3 Å². The zero-order valence-corrected chi connectivity index (χ0v) is 18.6. The van der Waals surface area contributed by atoms with Crippen LogP contribution in [0.2, 0.25) is 0 Å². The minimum atomic E-state index is -0.781. The number of fused-ring (bicyclic) bond motifs is 1. The van der Waals surface area contributed by atoms with Crippen molar-refractivity contribution in [2.75, 3.05) is 5.32 Å². The highest BCUT2D eigenvalue weighted by atomic mass is 16.3. The molecule has 0 atom stereocenters. The van der Waals surface area contributed by atoms with Crippen molar-refractivity contribution in [2.45, 2.75) is 0 Å². The lowest BCUT2D eigenvalue weighted by molar-refractivity contribution is 0.0998. The summed E-state index contributed by atoms with van der Waals surface area (Å²) in [6.45, 7) is 0. The molecule has 0 fully saturated rings. The molecular formula is C25H18N8O3. The number of para-hydroxylation sites is 1. The summed E-state index contributed by atoms with van der Waals surface area (Å²) in [7, 11) is 0. The Bertz CT molecular complexity index is 1620. The molecule has 0 unspecified atom stereocenters. The highest BCUT2D eigenvalue weighted by Gasteiger charge is 2.21. The number of hydrogen-bond donors (Lipinski definition) is 3. The van der Waals surface area contributed by atoms with E-state index in [0.29, 0.717) is 16.5 Å². The lowest BCUT2D eigenvalue weighted by Crippen LogP contribution is -2.12. The zero-order valence-electron chi connectivity index (χ0n) is 18.6. The van der Waals surface area contributed by atoms with Crippen molar-refractivity contribution in [3.05, 3.63) is 96.4 Å². The van der Waals surface area contributed by atoms with E-state index in [4.69, 9.17) is 5.73 Å². The minimum Gasteiger partial charge on any atom is -0.505 e. The fourth-order valence-electron chi connectivity index (χ4n) is 3.60. The van der Waals surface area contributed by atoms with E-state index in [2.05, 4.69) is 30.6 Å². The number of amides is 2. The Labute approximate surface area is 204 Å². The molecule has 0 spiro atoms. The molecule has 0 bridgehead atoms. The number of aromatic nitrogens is 4. The van der Waals surface area contributed by atoms with Gasteiger partial charge in [0.1, 0.15) is 11.3 Å². The summed E-state index contributed by atoms with van der Waals surface area (Å²) in [6, 6.07) is 19.1. The van der Waals surface area contributed by atoms with Crippen LogP contribution in [0.3, 0.4) is 0 Å². The van der Waals surface area contributed by atoms with E-state index >= 15 is 0 Å². The lowest BCUT2D eigenvalue weighted by atomic mass is 10.0. The van der Waals surface area contributed by atoms with Gasteiger partial charge in [0, 0.05) is 18.1 Å². The highest BCUT2D eigenvalue weighted by molar-refractivity contribution is 6.16. The first kappa shape index (κ1) is 22.3. The van der Waals surface area contributed by atoms with Gasteiger partial charge in [-0.3, -0.25) is 9.59 Å². The van der Waals surface area contributed by atoms with Gasteiger partial charge in [0.25, 0.3) is 17.8 Å². The Hall–Kier alpha value is -5.45. The van der Waals surface area contributed by atoms with Crippen LogP contribution in [0.1, 0.15) is 20.7 Å². The number of phenols is 1. The Morgan fingerprint density at radius 3 is 2.42 bits per heavy atom. The predicted octanol–water partition coefficient (Wildman–Crippen LogP) is 4.29. The minimum absolute atomic E-state index is 0.00376. The van der Waals surface area contributed by atoms with Crippen LogP contribution in [-0.4, -0.2) is 36.7 Å². The normalized spacial score (nSPS) is 11.1. The van der Waals surface area contributed by atoms with Crippen LogP contribution >= 0.6 is 0 Å². The third-order valence-electron chi connectivity index (χ3n) is 5.26. The van der Waals surface area contributed by atoms with E-state index in [1.807, 2.05) is 6.07 Å². The lowest BCUT2D eigenvalue weighted by Gasteiger charge is -2.12. The van der Waals surface area contributed by atoms with Gasteiger partial charge in [-0.1, -0.05) is 42.5 Å². The van der Waals surface area contributed by atoms with E-state index in [0.717, 1.165) is 0 Å². The first-order chi connectivity index (χ1) is 17.5. The summed E-state index contributed by atoms with van der Waals surface area (Å²) in [5.74, 6) is -1.57. The fraction of sp³-hybridized carbons (Fsp3) is 0. The summed E-state index contributed by atoms with van der Waals surface area (Å²) in [5, 5.41) is 27.4. The standard InChI is InChI=1S/C25H18N8O3/c26-22(35)18-14-29-33(25-27-11-6-12-28-25)23(18)32-31-19-13-15-7-4-5-10-17(15)20(21(19)34)24(36)30-16-8-2-1-3-9-16/h1-14,34H,(H2,26,35)(H,30,36). The van der Waals surface area contributed by atoms with Gasteiger partial charge in [0.15, 0.2) is 11.6 Å². The number of phenolic OH excluding ortho intramolecular Hbond substituents is 1. The summed E-state index contributed by atoms with van der Waals surface area (Å²) >= 11 is 0. The third-order valence-corrected chi connectivity index (χ3v) is 5.26. The van der Waals surface area contributed by atoms with Crippen molar-refractivity contribution < 1.29 is 14.7 Å². The number of aromatic hydroxyl groups is 1. The van der Waals surface area contributed by atoms with Crippen molar-refractivity contribution >= 4 is 39.8 Å². The number of azo groups is 1. The smallest absolute Gasteiger partial charge is 0.260 e. The summed E-state index contributed by atoms with van der Waals surface area (Å²) in [6.07, 6.45) is 4.23.